The molecule has 4 nitrogen and oxygen atoms in total. The Morgan fingerprint density at radius 2 is 2.09 bits per heavy atom. The van der Waals surface area contributed by atoms with Crippen LogP contribution in [-0.4, -0.2) is 52.6 Å². The van der Waals surface area contributed by atoms with E-state index in [-0.39, 0.29) is 6.61 Å². The third-order valence-electron chi connectivity index (χ3n) is 5.31. The van der Waals surface area contributed by atoms with E-state index in [1.54, 1.807) is 0 Å². The van der Waals surface area contributed by atoms with Crippen LogP contribution in [0.3, 0.4) is 0 Å². The fourth-order valence-corrected chi connectivity index (χ4v) is 4.22. The van der Waals surface area contributed by atoms with Crippen LogP contribution >= 0.6 is 0 Å². The lowest BCUT2D eigenvalue weighted by molar-refractivity contribution is -0.135. The minimum absolute atomic E-state index is 0.203. The van der Waals surface area contributed by atoms with Crippen LogP contribution in [0.2, 0.25) is 0 Å². The third kappa shape index (κ3) is 3.75. The molecule has 0 bridgehead atoms. The topological polar surface area (TPSA) is 43.8 Å². The molecule has 0 saturated carbocycles. The molecular formula is C19H28N2O2. The molecule has 1 aromatic rings. The van der Waals surface area contributed by atoms with E-state index >= 15 is 0 Å². The van der Waals surface area contributed by atoms with Gasteiger partial charge in [-0.3, -0.25) is 9.69 Å². The Morgan fingerprint density at radius 3 is 2.87 bits per heavy atom. The Hall–Kier alpha value is -1.39. The van der Waals surface area contributed by atoms with Gasteiger partial charge in [-0.25, -0.2) is 0 Å². The summed E-state index contributed by atoms with van der Waals surface area (Å²) in [5.41, 5.74) is 2.46. The molecular weight excluding hydrogens is 288 g/mol. The van der Waals surface area contributed by atoms with Gasteiger partial charge in [-0.05, 0) is 31.7 Å². The molecule has 4 heteroatoms. The van der Waals surface area contributed by atoms with Crippen LogP contribution in [0.4, 0.5) is 0 Å². The van der Waals surface area contributed by atoms with E-state index in [0.29, 0.717) is 31.0 Å². The van der Waals surface area contributed by atoms with Crippen molar-refractivity contribution in [3.63, 3.8) is 0 Å². The van der Waals surface area contributed by atoms with Crippen molar-refractivity contribution in [1.29, 1.82) is 0 Å². The van der Waals surface area contributed by atoms with Gasteiger partial charge in [0.1, 0.15) is 0 Å². The van der Waals surface area contributed by atoms with Gasteiger partial charge in [0.15, 0.2) is 0 Å². The molecule has 2 fully saturated rings. The average molecular weight is 316 g/mol. The summed E-state index contributed by atoms with van der Waals surface area (Å²) in [6.07, 6.45) is 4.95. The van der Waals surface area contributed by atoms with Crippen LogP contribution in [0, 0.1) is 6.92 Å². The summed E-state index contributed by atoms with van der Waals surface area (Å²) in [6, 6.07) is 9.19. The Bertz CT molecular complexity index is 546. The number of carbonyl (C=O) groups is 1. The number of benzene rings is 1. The number of likely N-dealkylation sites (tertiary alicyclic amines) is 2. The van der Waals surface area contributed by atoms with Gasteiger partial charge in [0.25, 0.3) is 0 Å². The third-order valence-corrected chi connectivity index (χ3v) is 5.31. The normalized spacial score (nSPS) is 26.0. The van der Waals surface area contributed by atoms with Gasteiger partial charge in [-0.1, -0.05) is 36.2 Å². The van der Waals surface area contributed by atoms with E-state index in [9.17, 15) is 9.90 Å². The molecule has 126 valence electrons. The first-order chi connectivity index (χ1) is 11.2. The second kappa shape index (κ2) is 7.45. The fourth-order valence-electron chi connectivity index (χ4n) is 4.22. The number of hydrogen-bond donors (Lipinski definition) is 1. The van der Waals surface area contributed by atoms with E-state index in [4.69, 9.17) is 0 Å². The smallest absolute Gasteiger partial charge is 0.223 e. The lowest BCUT2D eigenvalue weighted by atomic mass is 9.96. The van der Waals surface area contributed by atoms with Crippen LogP contribution in [0.15, 0.2) is 24.3 Å². The lowest BCUT2D eigenvalue weighted by Crippen LogP contribution is -2.49. The second-order valence-electron chi connectivity index (χ2n) is 6.94. The quantitative estimate of drug-likeness (QED) is 0.927. The van der Waals surface area contributed by atoms with Crippen molar-refractivity contribution in [2.24, 2.45) is 0 Å². The first kappa shape index (κ1) is 16.5. The number of carbonyl (C=O) groups excluding carboxylic acids is 1. The number of hydrogen-bond acceptors (Lipinski definition) is 3. The SMILES string of the molecule is Cc1cccc(CN2C(=O)CCCC[C@H]3[C@H]2CCN3CCO)c1. The van der Waals surface area contributed by atoms with Crippen molar-refractivity contribution in [3.8, 4) is 0 Å². The minimum Gasteiger partial charge on any atom is -0.395 e. The van der Waals surface area contributed by atoms with Crippen molar-refractivity contribution in [3.05, 3.63) is 35.4 Å². The molecule has 2 atom stereocenters. The van der Waals surface area contributed by atoms with E-state index in [1.165, 1.54) is 11.1 Å². The van der Waals surface area contributed by atoms with Crippen molar-refractivity contribution in [1.82, 2.24) is 9.80 Å². The Labute approximate surface area is 139 Å². The molecule has 2 heterocycles. The number of amides is 1. The number of aliphatic hydroxyl groups is 1. The predicted molar refractivity (Wildman–Crippen MR) is 91.0 cm³/mol. The highest BCUT2D eigenvalue weighted by Crippen LogP contribution is 2.31. The van der Waals surface area contributed by atoms with E-state index in [2.05, 4.69) is 41.0 Å². The van der Waals surface area contributed by atoms with E-state index < -0.39 is 0 Å². The first-order valence-electron chi connectivity index (χ1n) is 8.89. The van der Waals surface area contributed by atoms with Gasteiger partial charge < -0.3 is 10.0 Å². The van der Waals surface area contributed by atoms with E-state index in [1.807, 2.05) is 0 Å². The van der Waals surface area contributed by atoms with Crippen LogP contribution in [0.25, 0.3) is 0 Å². The first-order valence-corrected chi connectivity index (χ1v) is 8.89. The van der Waals surface area contributed by atoms with Crippen LogP contribution in [0.1, 0.15) is 43.2 Å². The summed E-state index contributed by atoms with van der Waals surface area (Å²) < 4.78 is 0. The summed E-state index contributed by atoms with van der Waals surface area (Å²) in [6.45, 7) is 4.74. The number of rotatable bonds is 4. The number of fused-ring (bicyclic) bond motifs is 1. The lowest BCUT2D eigenvalue weighted by Gasteiger charge is -2.37. The molecule has 3 rings (SSSR count). The molecule has 1 aromatic carbocycles. The zero-order valence-electron chi connectivity index (χ0n) is 14.1. The average Bonchev–Trinajstić information content (AvgIpc) is 2.90. The highest BCUT2D eigenvalue weighted by Gasteiger charge is 2.39. The van der Waals surface area contributed by atoms with Gasteiger partial charge in [0.05, 0.1) is 6.61 Å². The zero-order chi connectivity index (χ0) is 16.2. The molecule has 0 radical (unpaired) electrons. The molecule has 1 N–H and O–H groups in total. The zero-order valence-corrected chi connectivity index (χ0v) is 14.1. The maximum atomic E-state index is 12.7. The van der Waals surface area contributed by atoms with Gasteiger partial charge in [-0.15, -0.1) is 0 Å². The summed E-state index contributed by atoms with van der Waals surface area (Å²) in [7, 11) is 0. The molecule has 0 unspecified atom stereocenters. The molecule has 1 amide bonds. The number of β-amino-alcohol motifs (C(OH)–C–C–N with tert-alkyl or cyclic N) is 1. The predicted octanol–water partition coefficient (Wildman–Crippen LogP) is 2.33. The van der Waals surface area contributed by atoms with Crippen LogP contribution < -0.4 is 0 Å². The summed E-state index contributed by atoms with van der Waals surface area (Å²) in [4.78, 5) is 17.2. The number of aryl methyl sites for hydroxylation is 1. The van der Waals surface area contributed by atoms with Crippen LogP contribution in [0.5, 0.6) is 0 Å². The molecule has 0 aliphatic carbocycles. The Morgan fingerprint density at radius 1 is 1.22 bits per heavy atom. The summed E-state index contributed by atoms with van der Waals surface area (Å²) in [5.74, 6) is 0.298. The van der Waals surface area contributed by atoms with Crippen molar-refractivity contribution in [2.75, 3.05) is 19.7 Å². The maximum absolute atomic E-state index is 12.7. The van der Waals surface area contributed by atoms with Gasteiger partial charge in [-0.2, -0.15) is 0 Å². The highest BCUT2D eigenvalue weighted by atomic mass is 16.3. The highest BCUT2D eigenvalue weighted by molar-refractivity contribution is 5.76. The minimum atomic E-state index is 0.203. The Balaban J connectivity index is 1.81. The Kier molecular flexibility index (Phi) is 5.34. The second-order valence-corrected chi connectivity index (χ2v) is 6.94. The van der Waals surface area contributed by atoms with E-state index in [0.717, 1.165) is 38.8 Å². The summed E-state index contributed by atoms with van der Waals surface area (Å²) in [5, 5.41) is 9.30. The molecule has 2 aliphatic rings. The monoisotopic (exact) mass is 316 g/mol. The van der Waals surface area contributed by atoms with Crippen molar-refractivity contribution in [2.45, 2.75) is 57.7 Å². The largest absolute Gasteiger partial charge is 0.395 e. The van der Waals surface area contributed by atoms with Crippen molar-refractivity contribution >= 4 is 5.91 Å². The fraction of sp³-hybridized carbons (Fsp3) is 0.632. The summed E-state index contributed by atoms with van der Waals surface area (Å²) >= 11 is 0. The molecule has 2 aliphatic heterocycles. The maximum Gasteiger partial charge on any atom is 0.223 e. The number of aliphatic hydroxyl groups excluding tert-OH is 1. The molecule has 2 saturated heterocycles. The van der Waals surface area contributed by atoms with Gasteiger partial charge >= 0.3 is 0 Å². The molecule has 23 heavy (non-hydrogen) atoms. The van der Waals surface area contributed by atoms with Gasteiger partial charge in [0.2, 0.25) is 5.91 Å². The standard InChI is InChI=1S/C19H28N2O2/c1-15-5-4-6-16(13-15)14-21-18-9-10-20(11-12-22)17(18)7-2-3-8-19(21)23/h4-6,13,17-18,22H,2-3,7-12,14H2,1H3/t17-,18+/m0/s1. The van der Waals surface area contributed by atoms with Crippen molar-refractivity contribution < 1.29 is 9.90 Å². The van der Waals surface area contributed by atoms with Crippen LogP contribution in [-0.2, 0) is 11.3 Å². The molecule has 0 aromatic heterocycles. The molecule has 0 spiro atoms. The number of nitrogens with zero attached hydrogens (tertiary/aromatic N) is 2. The van der Waals surface area contributed by atoms with Gasteiger partial charge in [0, 0.05) is 38.1 Å².